The Labute approximate surface area is 124 Å². The van der Waals surface area contributed by atoms with E-state index < -0.39 is 0 Å². The first-order valence-electron chi connectivity index (χ1n) is 7.10. The van der Waals surface area contributed by atoms with Crippen molar-refractivity contribution in [2.75, 3.05) is 18.0 Å². The van der Waals surface area contributed by atoms with Gasteiger partial charge in [-0.05, 0) is 38.0 Å². The highest BCUT2D eigenvalue weighted by Crippen LogP contribution is 2.21. The van der Waals surface area contributed by atoms with Crippen molar-refractivity contribution in [3.63, 3.8) is 0 Å². The minimum absolute atomic E-state index is 0.172. The van der Waals surface area contributed by atoms with Gasteiger partial charge in [0, 0.05) is 25.2 Å². The van der Waals surface area contributed by atoms with Crippen LogP contribution in [0.4, 0.5) is 10.5 Å². The number of hydrogen-bond donors (Lipinski definition) is 2. The summed E-state index contributed by atoms with van der Waals surface area (Å²) in [4.78, 5) is 24.7. The number of hydrazone groups is 1. The van der Waals surface area contributed by atoms with Crippen LogP contribution in [0.1, 0.15) is 32.3 Å². The van der Waals surface area contributed by atoms with Gasteiger partial charge in [0.1, 0.15) is 0 Å². The second-order valence-electron chi connectivity index (χ2n) is 4.86. The van der Waals surface area contributed by atoms with Crippen LogP contribution in [0.5, 0.6) is 0 Å². The van der Waals surface area contributed by atoms with Crippen molar-refractivity contribution >= 4 is 23.3 Å². The molecule has 0 unspecified atom stereocenters. The van der Waals surface area contributed by atoms with E-state index >= 15 is 0 Å². The first-order valence-corrected chi connectivity index (χ1v) is 7.10. The van der Waals surface area contributed by atoms with Crippen LogP contribution in [-0.4, -0.2) is 30.7 Å². The number of urea groups is 1. The average molecular weight is 288 g/mol. The Bertz CT molecular complexity index is 551. The summed E-state index contributed by atoms with van der Waals surface area (Å²) in [6.07, 6.45) is 1.54. The lowest BCUT2D eigenvalue weighted by atomic mass is 10.1. The number of benzene rings is 1. The molecular formula is C15H20N4O2. The third-order valence-electron chi connectivity index (χ3n) is 3.33. The van der Waals surface area contributed by atoms with Crippen molar-refractivity contribution in [1.82, 2.24) is 10.7 Å². The summed E-state index contributed by atoms with van der Waals surface area (Å²) in [6, 6.07) is 7.29. The maximum absolute atomic E-state index is 11.7. The highest BCUT2D eigenvalue weighted by atomic mass is 16.2. The largest absolute Gasteiger partial charge is 0.337 e. The standard InChI is InChI=1S/C15H20N4O2/c1-3-16-15(21)18-17-11(2)12-6-8-13(9-7-12)19-10-4-5-14(19)20/h6-9H,3-5,10H2,1-2H3,(H2,16,18,21). The molecule has 3 amide bonds. The van der Waals surface area contributed by atoms with Crippen molar-refractivity contribution in [3.8, 4) is 0 Å². The quantitative estimate of drug-likeness (QED) is 0.655. The minimum atomic E-state index is -0.323. The molecule has 2 N–H and O–H groups in total. The zero-order valence-electron chi connectivity index (χ0n) is 12.3. The van der Waals surface area contributed by atoms with Gasteiger partial charge < -0.3 is 10.2 Å². The molecule has 1 aromatic carbocycles. The fourth-order valence-corrected chi connectivity index (χ4v) is 2.20. The summed E-state index contributed by atoms with van der Waals surface area (Å²) in [5, 5.41) is 6.63. The van der Waals surface area contributed by atoms with Gasteiger partial charge in [0.15, 0.2) is 0 Å². The Morgan fingerprint density at radius 1 is 1.33 bits per heavy atom. The lowest BCUT2D eigenvalue weighted by molar-refractivity contribution is -0.117. The van der Waals surface area contributed by atoms with E-state index in [1.165, 1.54) is 0 Å². The van der Waals surface area contributed by atoms with Crippen LogP contribution in [0.15, 0.2) is 29.4 Å². The molecule has 21 heavy (non-hydrogen) atoms. The monoisotopic (exact) mass is 288 g/mol. The molecule has 1 heterocycles. The summed E-state index contributed by atoms with van der Waals surface area (Å²) < 4.78 is 0. The van der Waals surface area contributed by atoms with Crippen LogP contribution < -0.4 is 15.6 Å². The Morgan fingerprint density at radius 2 is 2.05 bits per heavy atom. The number of amides is 3. The van der Waals surface area contributed by atoms with Crippen LogP contribution >= 0.6 is 0 Å². The Balaban J connectivity index is 2.02. The van der Waals surface area contributed by atoms with E-state index in [1.54, 1.807) is 4.90 Å². The van der Waals surface area contributed by atoms with E-state index in [0.717, 1.165) is 24.2 Å². The van der Waals surface area contributed by atoms with Crippen LogP contribution in [-0.2, 0) is 4.79 Å². The molecule has 6 nitrogen and oxygen atoms in total. The number of carbonyl (C=O) groups is 2. The van der Waals surface area contributed by atoms with E-state index in [9.17, 15) is 9.59 Å². The first-order chi connectivity index (χ1) is 10.1. The maximum atomic E-state index is 11.7. The first kappa shape index (κ1) is 15.0. The number of hydrogen-bond acceptors (Lipinski definition) is 3. The van der Waals surface area contributed by atoms with E-state index in [2.05, 4.69) is 15.8 Å². The molecular weight excluding hydrogens is 268 g/mol. The molecule has 112 valence electrons. The molecule has 0 radical (unpaired) electrons. The van der Waals surface area contributed by atoms with Crippen LogP contribution in [0.2, 0.25) is 0 Å². The summed E-state index contributed by atoms with van der Waals surface area (Å²) in [6.45, 7) is 5.00. The Kier molecular flexibility index (Phi) is 4.92. The molecule has 1 aliphatic rings. The predicted octanol–water partition coefficient (Wildman–Crippen LogP) is 1.86. The van der Waals surface area contributed by atoms with E-state index in [-0.39, 0.29) is 11.9 Å². The van der Waals surface area contributed by atoms with Crippen molar-refractivity contribution in [2.45, 2.75) is 26.7 Å². The number of nitrogens with one attached hydrogen (secondary N) is 2. The third kappa shape index (κ3) is 3.81. The molecule has 1 aliphatic heterocycles. The van der Waals surface area contributed by atoms with Crippen molar-refractivity contribution in [3.05, 3.63) is 29.8 Å². The summed E-state index contributed by atoms with van der Waals surface area (Å²) >= 11 is 0. The number of rotatable bonds is 4. The molecule has 0 aliphatic carbocycles. The summed E-state index contributed by atoms with van der Waals surface area (Å²) in [5.41, 5.74) is 4.95. The lowest BCUT2D eigenvalue weighted by Crippen LogP contribution is -2.32. The second kappa shape index (κ2) is 6.88. The highest BCUT2D eigenvalue weighted by Gasteiger charge is 2.21. The zero-order valence-corrected chi connectivity index (χ0v) is 12.3. The van der Waals surface area contributed by atoms with Gasteiger partial charge in [-0.2, -0.15) is 5.10 Å². The van der Waals surface area contributed by atoms with Gasteiger partial charge in [-0.3, -0.25) is 4.79 Å². The van der Waals surface area contributed by atoms with E-state index in [0.29, 0.717) is 18.7 Å². The smallest absolute Gasteiger partial charge is 0.335 e. The summed E-state index contributed by atoms with van der Waals surface area (Å²) in [5.74, 6) is 0.172. The second-order valence-corrected chi connectivity index (χ2v) is 4.86. The zero-order chi connectivity index (χ0) is 15.2. The molecule has 0 saturated carbocycles. The molecule has 1 fully saturated rings. The van der Waals surface area contributed by atoms with Crippen LogP contribution in [0.25, 0.3) is 0 Å². The van der Waals surface area contributed by atoms with Gasteiger partial charge in [-0.15, -0.1) is 0 Å². The average Bonchev–Trinajstić information content (AvgIpc) is 2.91. The number of nitrogens with zero attached hydrogens (tertiary/aromatic N) is 2. The van der Waals surface area contributed by atoms with Crippen LogP contribution in [0.3, 0.4) is 0 Å². The van der Waals surface area contributed by atoms with E-state index in [1.807, 2.05) is 38.1 Å². The normalized spacial score (nSPS) is 15.2. The fraction of sp³-hybridized carbons (Fsp3) is 0.400. The van der Waals surface area contributed by atoms with Gasteiger partial charge in [0.2, 0.25) is 5.91 Å². The third-order valence-corrected chi connectivity index (χ3v) is 3.33. The van der Waals surface area contributed by atoms with Gasteiger partial charge in [-0.25, -0.2) is 10.2 Å². The molecule has 2 rings (SSSR count). The molecule has 6 heteroatoms. The van der Waals surface area contributed by atoms with Crippen molar-refractivity contribution in [2.24, 2.45) is 5.10 Å². The van der Waals surface area contributed by atoms with Crippen molar-refractivity contribution < 1.29 is 9.59 Å². The fourth-order valence-electron chi connectivity index (χ4n) is 2.20. The lowest BCUT2D eigenvalue weighted by Gasteiger charge is -2.15. The van der Waals surface area contributed by atoms with Gasteiger partial charge in [0.05, 0.1) is 5.71 Å². The molecule has 0 spiro atoms. The minimum Gasteiger partial charge on any atom is -0.337 e. The molecule has 0 bridgehead atoms. The SMILES string of the molecule is CCNC(=O)NN=C(C)c1ccc(N2CCCC2=O)cc1. The molecule has 0 aromatic heterocycles. The highest BCUT2D eigenvalue weighted by molar-refractivity contribution is 6.00. The topological polar surface area (TPSA) is 73.8 Å². The van der Waals surface area contributed by atoms with Crippen molar-refractivity contribution in [1.29, 1.82) is 0 Å². The molecule has 1 aromatic rings. The Hall–Kier alpha value is -2.37. The van der Waals surface area contributed by atoms with Gasteiger partial charge >= 0.3 is 6.03 Å². The summed E-state index contributed by atoms with van der Waals surface area (Å²) in [7, 11) is 0. The maximum Gasteiger partial charge on any atom is 0.335 e. The molecule has 0 atom stereocenters. The molecule has 1 saturated heterocycles. The van der Waals surface area contributed by atoms with Gasteiger partial charge in [0.25, 0.3) is 0 Å². The predicted molar refractivity (Wildman–Crippen MR) is 82.4 cm³/mol. The van der Waals surface area contributed by atoms with E-state index in [4.69, 9.17) is 0 Å². The van der Waals surface area contributed by atoms with Crippen LogP contribution in [0, 0.1) is 0 Å². The Morgan fingerprint density at radius 3 is 2.62 bits per heavy atom. The number of carbonyl (C=O) groups excluding carboxylic acids is 2. The van der Waals surface area contributed by atoms with Gasteiger partial charge in [-0.1, -0.05) is 12.1 Å². The number of anilines is 1.